The Labute approximate surface area is 167 Å². The molecule has 1 aliphatic heterocycles. The second-order valence-corrected chi connectivity index (χ2v) is 6.65. The Morgan fingerprint density at radius 2 is 2.04 bits per heavy atom. The van der Waals surface area contributed by atoms with Gasteiger partial charge in [-0.15, -0.1) is 24.0 Å². The van der Waals surface area contributed by atoms with Crippen LogP contribution in [0, 0.1) is 0 Å². The third kappa shape index (κ3) is 5.33. The number of para-hydroxylation sites is 1. The molecule has 25 heavy (non-hydrogen) atoms. The summed E-state index contributed by atoms with van der Waals surface area (Å²) >= 11 is 0. The van der Waals surface area contributed by atoms with Crippen molar-refractivity contribution in [3.05, 3.63) is 29.8 Å². The van der Waals surface area contributed by atoms with Crippen molar-refractivity contribution < 1.29 is 4.79 Å². The topological polar surface area (TPSA) is 56.7 Å². The minimum atomic E-state index is 0. The summed E-state index contributed by atoms with van der Waals surface area (Å²) in [5, 5.41) is 6.79. The van der Waals surface area contributed by atoms with Gasteiger partial charge in [0.2, 0.25) is 5.91 Å². The standard InChI is InChI=1S/C19H28N4O.HI/c1-20-19(22-16-8-3-4-9-16)21-13-6-11-18(24)23-14-12-15-7-2-5-10-17(15)23;/h2,5,7,10,16H,3-4,6,8-9,11-14H2,1H3,(H2,20,21,22);1H. The maximum absolute atomic E-state index is 12.5. The van der Waals surface area contributed by atoms with Crippen LogP contribution < -0.4 is 15.5 Å². The summed E-state index contributed by atoms with van der Waals surface area (Å²) in [6.07, 6.45) is 7.44. The molecule has 1 amide bonds. The molecular weight excluding hydrogens is 427 g/mol. The van der Waals surface area contributed by atoms with E-state index in [2.05, 4.69) is 21.7 Å². The molecule has 3 rings (SSSR count). The largest absolute Gasteiger partial charge is 0.356 e. The molecule has 6 heteroatoms. The predicted molar refractivity (Wildman–Crippen MR) is 114 cm³/mol. The van der Waals surface area contributed by atoms with Crippen LogP contribution in [0.1, 0.15) is 44.1 Å². The molecule has 0 atom stereocenters. The van der Waals surface area contributed by atoms with Crippen molar-refractivity contribution in [1.82, 2.24) is 10.6 Å². The number of rotatable bonds is 5. The van der Waals surface area contributed by atoms with Crippen LogP contribution in [0.25, 0.3) is 0 Å². The molecule has 1 aliphatic carbocycles. The van der Waals surface area contributed by atoms with E-state index in [0.717, 1.165) is 37.6 Å². The fraction of sp³-hybridized carbons (Fsp3) is 0.579. The molecule has 1 heterocycles. The Kier molecular flexibility index (Phi) is 7.99. The molecule has 2 aliphatic rings. The summed E-state index contributed by atoms with van der Waals surface area (Å²) in [5.41, 5.74) is 2.37. The van der Waals surface area contributed by atoms with Crippen molar-refractivity contribution in [1.29, 1.82) is 0 Å². The number of guanidine groups is 1. The van der Waals surface area contributed by atoms with E-state index in [1.165, 1.54) is 31.2 Å². The third-order valence-electron chi connectivity index (χ3n) is 4.97. The van der Waals surface area contributed by atoms with E-state index in [0.29, 0.717) is 12.5 Å². The minimum absolute atomic E-state index is 0. The van der Waals surface area contributed by atoms with Crippen molar-refractivity contribution in [2.24, 2.45) is 4.99 Å². The van der Waals surface area contributed by atoms with Gasteiger partial charge in [-0.05, 0) is 37.3 Å². The van der Waals surface area contributed by atoms with Crippen molar-refractivity contribution in [2.45, 2.75) is 51.0 Å². The van der Waals surface area contributed by atoms with Gasteiger partial charge in [0, 0.05) is 38.3 Å². The first-order chi connectivity index (χ1) is 11.8. The lowest BCUT2D eigenvalue weighted by Crippen LogP contribution is -2.42. The summed E-state index contributed by atoms with van der Waals surface area (Å²) < 4.78 is 0. The van der Waals surface area contributed by atoms with Crippen LogP contribution in [0.2, 0.25) is 0 Å². The van der Waals surface area contributed by atoms with E-state index in [-0.39, 0.29) is 29.9 Å². The van der Waals surface area contributed by atoms with Crippen LogP contribution in [0.3, 0.4) is 0 Å². The highest BCUT2D eigenvalue weighted by Crippen LogP contribution is 2.27. The van der Waals surface area contributed by atoms with E-state index >= 15 is 0 Å². The zero-order chi connectivity index (χ0) is 16.8. The number of carbonyl (C=O) groups excluding carboxylic acids is 1. The van der Waals surface area contributed by atoms with Crippen LogP contribution >= 0.6 is 24.0 Å². The first-order valence-electron chi connectivity index (χ1n) is 9.13. The van der Waals surface area contributed by atoms with Crippen LogP contribution in [0.5, 0.6) is 0 Å². The summed E-state index contributed by atoms with van der Waals surface area (Å²) in [7, 11) is 1.80. The predicted octanol–water partition coefficient (Wildman–Crippen LogP) is 3.08. The molecule has 1 saturated carbocycles. The normalized spacial score (nSPS) is 17.2. The highest BCUT2D eigenvalue weighted by atomic mass is 127. The Hall–Kier alpha value is -1.31. The zero-order valence-electron chi connectivity index (χ0n) is 15.0. The summed E-state index contributed by atoms with van der Waals surface area (Å²) in [4.78, 5) is 18.7. The highest BCUT2D eigenvalue weighted by molar-refractivity contribution is 14.0. The van der Waals surface area contributed by atoms with Gasteiger partial charge in [0.1, 0.15) is 0 Å². The number of halogens is 1. The Morgan fingerprint density at radius 1 is 1.28 bits per heavy atom. The Balaban J connectivity index is 0.00000225. The first-order valence-corrected chi connectivity index (χ1v) is 9.13. The zero-order valence-corrected chi connectivity index (χ0v) is 17.3. The Morgan fingerprint density at radius 3 is 2.80 bits per heavy atom. The molecule has 0 radical (unpaired) electrons. The average molecular weight is 456 g/mol. The fourth-order valence-corrected chi connectivity index (χ4v) is 3.64. The SMILES string of the molecule is CN=C(NCCCC(=O)N1CCc2ccccc21)NC1CCCC1.I. The van der Waals surface area contributed by atoms with Gasteiger partial charge in [0.05, 0.1) is 0 Å². The summed E-state index contributed by atoms with van der Waals surface area (Å²) in [6, 6.07) is 8.76. The van der Waals surface area contributed by atoms with Gasteiger partial charge in [0.15, 0.2) is 5.96 Å². The van der Waals surface area contributed by atoms with Crippen LogP contribution in [0.4, 0.5) is 5.69 Å². The molecule has 1 aromatic carbocycles. The van der Waals surface area contributed by atoms with Gasteiger partial charge in [0.25, 0.3) is 0 Å². The smallest absolute Gasteiger partial charge is 0.227 e. The molecule has 5 nitrogen and oxygen atoms in total. The van der Waals surface area contributed by atoms with Gasteiger partial charge in [-0.1, -0.05) is 31.0 Å². The molecule has 0 bridgehead atoms. The van der Waals surface area contributed by atoms with Crippen LogP contribution in [0.15, 0.2) is 29.3 Å². The highest BCUT2D eigenvalue weighted by Gasteiger charge is 2.23. The first kappa shape index (κ1) is 20.0. The molecule has 0 unspecified atom stereocenters. The summed E-state index contributed by atoms with van der Waals surface area (Å²) in [6.45, 7) is 1.59. The molecule has 0 aromatic heterocycles. The van der Waals surface area contributed by atoms with Crippen molar-refractivity contribution in [3.8, 4) is 0 Å². The number of fused-ring (bicyclic) bond motifs is 1. The van der Waals surface area contributed by atoms with E-state index < -0.39 is 0 Å². The molecule has 1 aromatic rings. The maximum Gasteiger partial charge on any atom is 0.227 e. The molecule has 0 spiro atoms. The fourth-order valence-electron chi connectivity index (χ4n) is 3.64. The van der Waals surface area contributed by atoms with Gasteiger partial charge in [-0.3, -0.25) is 9.79 Å². The van der Waals surface area contributed by atoms with Gasteiger partial charge < -0.3 is 15.5 Å². The van der Waals surface area contributed by atoms with E-state index in [1.54, 1.807) is 7.05 Å². The number of anilines is 1. The van der Waals surface area contributed by atoms with E-state index in [9.17, 15) is 4.79 Å². The minimum Gasteiger partial charge on any atom is -0.356 e. The lowest BCUT2D eigenvalue weighted by atomic mass is 10.2. The number of carbonyl (C=O) groups is 1. The quantitative estimate of drug-likeness (QED) is 0.310. The van der Waals surface area contributed by atoms with Crippen LogP contribution in [-0.2, 0) is 11.2 Å². The van der Waals surface area contributed by atoms with Crippen molar-refractivity contribution >= 4 is 41.5 Å². The molecule has 2 N–H and O–H groups in total. The van der Waals surface area contributed by atoms with Crippen molar-refractivity contribution in [3.63, 3.8) is 0 Å². The number of benzene rings is 1. The third-order valence-corrected chi connectivity index (χ3v) is 4.97. The monoisotopic (exact) mass is 456 g/mol. The number of nitrogens with zero attached hydrogens (tertiary/aromatic N) is 2. The lowest BCUT2D eigenvalue weighted by molar-refractivity contribution is -0.118. The number of aliphatic imine (C=N–C) groups is 1. The van der Waals surface area contributed by atoms with Crippen LogP contribution in [-0.4, -0.2) is 38.0 Å². The summed E-state index contributed by atoms with van der Waals surface area (Å²) in [5.74, 6) is 1.08. The van der Waals surface area contributed by atoms with Gasteiger partial charge >= 0.3 is 0 Å². The number of amides is 1. The molecule has 0 saturated heterocycles. The second kappa shape index (κ2) is 9.99. The number of hydrogen-bond donors (Lipinski definition) is 2. The van der Waals surface area contributed by atoms with E-state index in [1.807, 2.05) is 23.1 Å². The van der Waals surface area contributed by atoms with Crippen molar-refractivity contribution in [2.75, 3.05) is 25.0 Å². The Bertz CT molecular complexity index is 599. The maximum atomic E-state index is 12.5. The van der Waals surface area contributed by atoms with Gasteiger partial charge in [-0.25, -0.2) is 0 Å². The van der Waals surface area contributed by atoms with Gasteiger partial charge in [-0.2, -0.15) is 0 Å². The second-order valence-electron chi connectivity index (χ2n) is 6.65. The molecular formula is C19H29IN4O. The number of nitrogens with one attached hydrogen (secondary N) is 2. The lowest BCUT2D eigenvalue weighted by Gasteiger charge is -2.18. The molecule has 1 fully saturated rings. The molecule has 138 valence electrons. The average Bonchev–Trinajstić information content (AvgIpc) is 3.26. The van der Waals surface area contributed by atoms with E-state index in [4.69, 9.17) is 0 Å². The number of hydrogen-bond acceptors (Lipinski definition) is 2.